The first-order valence-corrected chi connectivity index (χ1v) is 11.2. The maximum absolute atomic E-state index is 13.3. The van der Waals surface area contributed by atoms with Crippen LogP contribution in [-0.4, -0.2) is 47.0 Å². The third-order valence-corrected chi connectivity index (χ3v) is 5.04. The van der Waals surface area contributed by atoms with E-state index in [2.05, 4.69) is 23.5 Å². The Morgan fingerprint density at radius 3 is 2.34 bits per heavy atom. The van der Waals surface area contributed by atoms with Crippen LogP contribution in [0, 0.1) is 12.3 Å². The molecular formula is C25H35N3O4. The molecule has 0 saturated heterocycles. The number of ether oxygens (including phenoxy) is 1. The Bertz CT molecular complexity index is 847. The molecule has 174 valence electrons. The van der Waals surface area contributed by atoms with Crippen molar-refractivity contribution in [1.82, 2.24) is 15.5 Å². The van der Waals surface area contributed by atoms with Crippen molar-refractivity contribution in [3.05, 3.63) is 35.4 Å². The van der Waals surface area contributed by atoms with Crippen molar-refractivity contribution in [2.45, 2.75) is 84.0 Å². The van der Waals surface area contributed by atoms with Gasteiger partial charge in [0.05, 0.1) is 0 Å². The smallest absolute Gasteiger partial charge is 0.408 e. The molecule has 1 aliphatic rings. The summed E-state index contributed by atoms with van der Waals surface area (Å²) in [6, 6.07) is 6.23. The molecule has 0 spiro atoms. The van der Waals surface area contributed by atoms with Gasteiger partial charge in [-0.25, -0.2) is 4.79 Å². The van der Waals surface area contributed by atoms with Crippen LogP contribution in [-0.2, 0) is 14.3 Å². The number of terminal acetylenes is 1. The van der Waals surface area contributed by atoms with Gasteiger partial charge in [-0.05, 0) is 64.7 Å². The van der Waals surface area contributed by atoms with E-state index in [9.17, 15) is 14.4 Å². The molecule has 3 amide bonds. The third-order valence-electron chi connectivity index (χ3n) is 5.04. The Hall–Kier alpha value is -3.01. The van der Waals surface area contributed by atoms with E-state index in [0.717, 1.165) is 25.7 Å². The Morgan fingerprint density at radius 1 is 1.22 bits per heavy atom. The van der Waals surface area contributed by atoms with Crippen molar-refractivity contribution >= 4 is 17.9 Å². The number of carbonyl (C=O) groups is 3. The van der Waals surface area contributed by atoms with E-state index >= 15 is 0 Å². The average Bonchev–Trinajstić information content (AvgIpc) is 3.54. The number of rotatable bonds is 9. The first kappa shape index (κ1) is 25.3. The minimum atomic E-state index is -0.804. The van der Waals surface area contributed by atoms with Crippen LogP contribution in [0.5, 0.6) is 0 Å². The summed E-state index contributed by atoms with van der Waals surface area (Å²) < 4.78 is 5.22. The van der Waals surface area contributed by atoms with Crippen LogP contribution in [0.3, 0.4) is 0 Å². The highest BCUT2D eigenvalue weighted by Crippen LogP contribution is 2.35. The van der Waals surface area contributed by atoms with Crippen molar-refractivity contribution in [2.75, 3.05) is 6.54 Å². The Labute approximate surface area is 191 Å². The molecule has 2 unspecified atom stereocenters. The van der Waals surface area contributed by atoms with Crippen molar-refractivity contribution in [3.8, 4) is 12.3 Å². The van der Waals surface area contributed by atoms with Crippen molar-refractivity contribution < 1.29 is 19.1 Å². The second-order valence-corrected chi connectivity index (χ2v) is 9.25. The highest BCUT2D eigenvalue weighted by Gasteiger charge is 2.41. The number of hydrogen-bond acceptors (Lipinski definition) is 4. The summed E-state index contributed by atoms with van der Waals surface area (Å²) in [5, 5.41) is 5.55. The zero-order chi connectivity index (χ0) is 23.9. The standard InChI is InChI=1S/C25H35N3O4/c1-7-9-17(3)27-23(30)22(19-12-10-18(8-2)11-13-19)28(20-14-15-20)21(29)16-26-24(31)32-25(4,5)6/h2,10-13,17,20,22H,7,9,14-16H2,1,3-6H3,(H,26,31)(H,27,30). The molecule has 1 aromatic carbocycles. The Morgan fingerprint density at radius 2 is 1.84 bits per heavy atom. The fraction of sp³-hybridized carbons (Fsp3) is 0.560. The highest BCUT2D eigenvalue weighted by atomic mass is 16.6. The first-order chi connectivity index (χ1) is 15.1. The van der Waals surface area contributed by atoms with Gasteiger partial charge in [-0.2, -0.15) is 0 Å². The molecule has 1 saturated carbocycles. The quantitative estimate of drug-likeness (QED) is 0.574. The molecule has 32 heavy (non-hydrogen) atoms. The molecule has 2 atom stereocenters. The van der Waals surface area contributed by atoms with E-state index in [1.165, 1.54) is 0 Å². The van der Waals surface area contributed by atoms with E-state index in [1.807, 2.05) is 6.92 Å². The predicted molar refractivity (Wildman–Crippen MR) is 124 cm³/mol. The summed E-state index contributed by atoms with van der Waals surface area (Å²) in [6.07, 6.45) is 8.20. The van der Waals surface area contributed by atoms with Crippen LogP contribution >= 0.6 is 0 Å². The maximum atomic E-state index is 13.3. The van der Waals surface area contributed by atoms with Gasteiger partial charge in [-0.3, -0.25) is 9.59 Å². The van der Waals surface area contributed by atoms with Crippen LogP contribution in [0.1, 0.15) is 77.5 Å². The minimum absolute atomic E-state index is 0.0176. The number of alkyl carbamates (subject to hydrolysis) is 1. The zero-order valence-electron chi connectivity index (χ0n) is 19.7. The highest BCUT2D eigenvalue weighted by molar-refractivity contribution is 5.91. The molecule has 1 fully saturated rings. The fourth-order valence-corrected chi connectivity index (χ4v) is 3.49. The van der Waals surface area contributed by atoms with Gasteiger partial charge in [0.15, 0.2) is 0 Å². The lowest BCUT2D eigenvalue weighted by molar-refractivity contribution is -0.141. The molecular weight excluding hydrogens is 406 g/mol. The van der Waals surface area contributed by atoms with Crippen LogP contribution in [0.4, 0.5) is 4.79 Å². The van der Waals surface area contributed by atoms with Crippen LogP contribution in [0.2, 0.25) is 0 Å². The number of carbonyl (C=O) groups excluding carboxylic acids is 3. The molecule has 2 N–H and O–H groups in total. The summed E-state index contributed by atoms with van der Waals surface area (Å²) >= 11 is 0. The summed E-state index contributed by atoms with van der Waals surface area (Å²) in [7, 11) is 0. The van der Waals surface area contributed by atoms with Crippen molar-refractivity contribution in [2.24, 2.45) is 0 Å². The predicted octanol–water partition coefficient (Wildman–Crippen LogP) is 3.53. The molecule has 0 aromatic heterocycles. The van der Waals surface area contributed by atoms with Crippen molar-refractivity contribution in [1.29, 1.82) is 0 Å². The molecule has 7 nitrogen and oxygen atoms in total. The van der Waals surface area contributed by atoms with E-state index in [4.69, 9.17) is 11.2 Å². The lowest BCUT2D eigenvalue weighted by atomic mass is 10.0. The molecule has 0 radical (unpaired) electrons. The molecule has 1 aromatic rings. The monoisotopic (exact) mass is 441 g/mol. The fourth-order valence-electron chi connectivity index (χ4n) is 3.49. The molecule has 0 bridgehead atoms. The number of hydrogen-bond donors (Lipinski definition) is 2. The Kier molecular flexibility index (Phi) is 8.71. The van der Waals surface area contributed by atoms with Gasteiger partial charge in [-0.15, -0.1) is 6.42 Å². The number of nitrogens with zero attached hydrogens (tertiary/aromatic N) is 1. The summed E-state index contributed by atoms with van der Waals surface area (Å²) in [5.41, 5.74) is 0.714. The second kappa shape index (κ2) is 11.0. The number of amides is 3. The summed E-state index contributed by atoms with van der Waals surface area (Å²) in [4.78, 5) is 40.1. The van der Waals surface area contributed by atoms with Gasteiger partial charge in [0.2, 0.25) is 11.8 Å². The van der Waals surface area contributed by atoms with Crippen LogP contribution < -0.4 is 10.6 Å². The normalized spacial score (nSPS) is 15.1. The summed E-state index contributed by atoms with van der Waals surface area (Å²) in [6.45, 7) is 9.02. The van der Waals surface area contributed by atoms with Crippen molar-refractivity contribution in [3.63, 3.8) is 0 Å². The van der Waals surface area contributed by atoms with E-state index < -0.39 is 17.7 Å². The molecule has 0 aliphatic heterocycles. The minimum Gasteiger partial charge on any atom is -0.444 e. The molecule has 7 heteroatoms. The molecule has 1 aliphatic carbocycles. The molecule has 0 heterocycles. The topological polar surface area (TPSA) is 87.7 Å². The zero-order valence-corrected chi connectivity index (χ0v) is 19.7. The third kappa shape index (κ3) is 7.60. The SMILES string of the molecule is C#Cc1ccc(C(C(=O)NC(C)CCC)N(C(=O)CNC(=O)OC(C)(C)C)C2CC2)cc1. The van der Waals surface area contributed by atoms with Gasteiger partial charge < -0.3 is 20.3 Å². The van der Waals surface area contributed by atoms with Gasteiger partial charge in [0, 0.05) is 17.6 Å². The largest absolute Gasteiger partial charge is 0.444 e. The van der Waals surface area contributed by atoms with Gasteiger partial charge in [0.25, 0.3) is 0 Å². The lowest BCUT2D eigenvalue weighted by Crippen LogP contribution is -2.50. The van der Waals surface area contributed by atoms with Crippen LogP contribution in [0.25, 0.3) is 0 Å². The summed E-state index contributed by atoms with van der Waals surface area (Å²) in [5.74, 6) is 2.00. The average molecular weight is 442 g/mol. The van der Waals surface area contributed by atoms with E-state index in [1.54, 1.807) is 49.9 Å². The first-order valence-electron chi connectivity index (χ1n) is 11.2. The Balaban J connectivity index is 2.26. The lowest BCUT2D eigenvalue weighted by Gasteiger charge is -2.32. The van der Waals surface area contributed by atoms with Gasteiger partial charge >= 0.3 is 6.09 Å². The van der Waals surface area contributed by atoms with Crippen LogP contribution in [0.15, 0.2) is 24.3 Å². The van der Waals surface area contributed by atoms with Gasteiger partial charge in [-0.1, -0.05) is 31.4 Å². The number of nitrogens with one attached hydrogen (secondary N) is 2. The van der Waals surface area contributed by atoms with E-state index in [0.29, 0.717) is 11.1 Å². The number of benzene rings is 1. The second-order valence-electron chi connectivity index (χ2n) is 9.25. The van der Waals surface area contributed by atoms with Gasteiger partial charge in [0.1, 0.15) is 18.2 Å². The molecule has 2 rings (SSSR count). The maximum Gasteiger partial charge on any atom is 0.408 e. The van der Waals surface area contributed by atoms with E-state index in [-0.39, 0.29) is 30.4 Å².